The average Bonchev–Trinajstić information content (AvgIpc) is 2.82. The van der Waals surface area contributed by atoms with Crippen LogP contribution in [0.15, 0.2) is 36.4 Å². The molecule has 1 atom stereocenters. The van der Waals surface area contributed by atoms with Gasteiger partial charge in [-0.3, -0.25) is 0 Å². The lowest BCUT2D eigenvalue weighted by atomic mass is 10.1. The molecule has 1 N–H and O–H groups in total. The molecule has 0 bridgehead atoms. The summed E-state index contributed by atoms with van der Waals surface area (Å²) in [6.45, 7) is 4.55. The summed E-state index contributed by atoms with van der Waals surface area (Å²) < 4.78 is 19.4. The normalized spacial score (nSPS) is 16.6. The van der Waals surface area contributed by atoms with E-state index in [1.165, 1.54) is 17.2 Å². The van der Waals surface area contributed by atoms with Crippen LogP contribution in [-0.4, -0.2) is 12.6 Å². The van der Waals surface area contributed by atoms with Crippen LogP contribution in [0.3, 0.4) is 0 Å². The van der Waals surface area contributed by atoms with E-state index >= 15 is 0 Å². The molecule has 0 aliphatic carbocycles. The van der Waals surface area contributed by atoms with Crippen molar-refractivity contribution in [2.75, 3.05) is 11.9 Å². The van der Waals surface area contributed by atoms with Crippen molar-refractivity contribution in [1.82, 2.24) is 0 Å². The molecule has 1 aliphatic rings. The van der Waals surface area contributed by atoms with Crippen LogP contribution in [0.1, 0.15) is 16.7 Å². The Kier molecular flexibility index (Phi) is 3.35. The van der Waals surface area contributed by atoms with E-state index in [0.29, 0.717) is 12.1 Å². The standard InChI is InChI=1S/C17H18FNO/c1-11-6-7-17-13(8-11)9-14(20-17)10-19-16-5-3-4-15(18)12(16)2/h3-8,14,19H,9-10H2,1-2H3. The highest BCUT2D eigenvalue weighted by atomic mass is 19.1. The van der Waals surface area contributed by atoms with Crippen LogP contribution in [0.25, 0.3) is 0 Å². The largest absolute Gasteiger partial charge is 0.488 e. The van der Waals surface area contributed by atoms with Crippen molar-refractivity contribution in [2.45, 2.75) is 26.4 Å². The fourth-order valence-corrected chi connectivity index (χ4v) is 2.59. The molecule has 0 radical (unpaired) electrons. The van der Waals surface area contributed by atoms with Crippen LogP contribution in [0.4, 0.5) is 10.1 Å². The molecule has 1 heterocycles. The van der Waals surface area contributed by atoms with Crippen LogP contribution < -0.4 is 10.1 Å². The number of fused-ring (bicyclic) bond motifs is 1. The third-order valence-corrected chi connectivity index (χ3v) is 3.75. The Morgan fingerprint density at radius 2 is 2.10 bits per heavy atom. The molecule has 0 saturated carbocycles. The fourth-order valence-electron chi connectivity index (χ4n) is 2.59. The molecule has 0 spiro atoms. The Balaban J connectivity index is 1.65. The first-order chi connectivity index (χ1) is 9.63. The van der Waals surface area contributed by atoms with Gasteiger partial charge in [0.05, 0.1) is 6.54 Å². The van der Waals surface area contributed by atoms with Crippen molar-refractivity contribution in [3.63, 3.8) is 0 Å². The molecular weight excluding hydrogens is 253 g/mol. The first kappa shape index (κ1) is 13.0. The van der Waals surface area contributed by atoms with Gasteiger partial charge in [0, 0.05) is 17.7 Å². The Bertz CT molecular complexity index is 639. The summed E-state index contributed by atoms with van der Waals surface area (Å²) in [6.07, 6.45) is 1.01. The zero-order valence-corrected chi connectivity index (χ0v) is 11.7. The van der Waals surface area contributed by atoms with E-state index in [4.69, 9.17) is 4.74 Å². The number of ether oxygens (including phenoxy) is 1. The van der Waals surface area contributed by atoms with Crippen molar-refractivity contribution in [1.29, 1.82) is 0 Å². The first-order valence-corrected chi connectivity index (χ1v) is 6.88. The minimum atomic E-state index is -0.179. The number of rotatable bonds is 3. The van der Waals surface area contributed by atoms with Gasteiger partial charge in [-0.1, -0.05) is 23.8 Å². The zero-order valence-electron chi connectivity index (χ0n) is 11.7. The zero-order chi connectivity index (χ0) is 14.1. The summed E-state index contributed by atoms with van der Waals surface area (Å²) in [6, 6.07) is 11.3. The van der Waals surface area contributed by atoms with Gasteiger partial charge in [0.25, 0.3) is 0 Å². The number of nitrogens with one attached hydrogen (secondary N) is 1. The highest BCUT2D eigenvalue weighted by molar-refractivity contribution is 5.51. The van der Waals surface area contributed by atoms with Gasteiger partial charge in [0.15, 0.2) is 0 Å². The number of hydrogen-bond donors (Lipinski definition) is 1. The highest BCUT2D eigenvalue weighted by Crippen LogP contribution is 2.29. The van der Waals surface area contributed by atoms with Crippen molar-refractivity contribution >= 4 is 5.69 Å². The van der Waals surface area contributed by atoms with E-state index in [1.54, 1.807) is 13.0 Å². The van der Waals surface area contributed by atoms with Crippen LogP contribution in [-0.2, 0) is 6.42 Å². The van der Waals surface area contributed by atoms with Gasteiger partial charge >= 0.3 is 0 Å². The van der Waals surface area contributed by atoms with E-state index < -0.39 is 0 Å². The molecule has 3 rings (SSSR count). The second kappa shape index (κ2) is 5.16. The number of halogens is 1. The second-order valence-corrected chi connectivity index (χ2v) is 5.35. The highest BCUT2D eigenvalue weighted by Gasteiger charge is 2.22. The number of benzene rings is 2. The van der Waals surface area contributed by atoms with Gasteiger partial charge < -0.3 is 10.1 Å². The molecule has 0 amide bonds. The third-order valence-electron chi connectivity index (χ3n) is 3.75. The summed E-state index contributed by atoms with van der Waals surface area (Å²) in [5.41, 5.74) is 3.99. The maximum Gasteiger partial charge on any atom is 0.128 e. The Labute approximate surface area is 118 Å². The van der Waals surface area contributed by atoms with Crippen LogP contribution in [0.5, 0.6) is 5.75 Å². The molecule has 1 aliphatic heterocycles. The monoisotopic (exact) mass is 271 g/mol. The van der Waals surface area contributed by atoms with Crippen molar-refractivity contribution < 1.29 is 9.13 Å². The lowest BCUT2D eigenvalue weighted by Crippen LogP contribution is -2.24. The number of anilines is 1. The predicted octanol–water partition coefficient (Wildman–Crippen LogP) is 3.86. The molecule has 1 unspecified atom stereocenters. The van der Waals surface area contributed by atoms with Crippen molar-refractivity contribution in [3.05, 3.63) is 58.9 Å². The van der Waals surface area contributed by atoms with Gasteiger partial charge in [-0.15, -0.1) is 0 Å². The van der Waals surface area contributed by atoms with Crippen LogP contribution >= 0.6 is 0 Å². The van der Waals surface area contributed by atoms with Gasteiger partial charge in [0.1, 0.15) is 17.7 Å². The maximum absolute atomic E-state index is 13.5. The van der Waals surface area contributed by atoms with Crippen LogP contribution in [0, 0.1) is 19.7 Å². The quantitative estimate of drug-likeness (QED) is 0.915. The molecule has 2 aromatic rings. The predicted molar refractivity (Wildman–Crippen MR) is 78.9 cm³/mol. The molecule has 0 fully saturated rings. The van der Waals surface area contributed by atoms with Crippen LogP contribution in [0.2, 0.25) is 0 Å². The number of aryl methyl sites for hydroxylation is 1. The van der Waals surface area contributed by atoms with Gasteiger partial charge in [0.2, 0.25) is 0 Å². The lowest BCUT2D eigenvalue weighted by Gasteiger charge is -2.14. The third kappa shape index (κ3) is 2.48. The van der Waals surface area contributed by atoms with Gasteiger partial charge in [-0.05, 0) is 37.6 Å². The Hall–Kier alpha value is -2.03. The van der Waals surface area contributed by atoms with E-state index in [9.17, 15) is 4.39 Å². The maximum atomic E-state index is 13.5. The van der Waals surface area contributed by atoms with E-state index in [-0.39, 0.29) is 11.9 Å². The van der Waals surface area contributed by atoms with E-state index in [2.05, 4.69) is 24.4 Å². The number of hydrogen-bond acceptors (Lipinski definition) is 2. The van der Waals surface area contributed by atoms with E-state index in [1.807, 2.05) is 12.1 Å². The molecule has 2 aromatic carbocycles. The first-order valence-electron chi connectivity index (χ1n) is 6.88. The molecular formula is C17H18FNO. The smallest absolute Gasteiger partial charge is 0.128 e. The lowest BCUT2D eigenvalue weighted by molar-refractivity contribution is 0.246. The average molecular weight is 271 g/mol. The topological polar surface area (TPSA) is 21.3 Å². The fraction of sp³-hybridized carbons (Fsp3) is 0.294. The second-order valence-electron chi connectivity index (χ2n) is 5.35. The molecule has 3 heteroatoms. The molecule has 0 aromatic heterocycles. The summed E-state index contributed by atoms with van der Waals surface area (Å²) >= 11 is 0. The SMILES string of the molecule is Cc1ccc2c(c1)CC(CNc1cccc(F)c1C)O2. The van der Waals surface area contributed by atoms with E-state index in [0.717, 1.165) is 17.9 Å². The van der Waals surface area contributed by atoms with Crippen molar-refractivity contribution in [3.8, 4) is 5.75 Å². The van der Waals surface area contributed by atoms with Gasteiger partial charge in [-0.2, -0.15) is 0 Å². The molecule has 20 heavy (non-hydrogen) atoms. The molecule has 104 valence electrons. The Morgan fingerprint density at radius 1 is 1.25 bits per heavy atom. The summed E-state index contributed by atoms with van der Waals surface area (Å²) in [5.74, 6) is 0.791. The Morgan fingerprint density at radius 3 is 2.95 bits per heavy atom. The summed E-state index contributed by atoms with van der Waals surface area (Å²) in [7, 11) is 0. The summed E-state index contributed by atoms with van der Waals surface area (Å²) in [4.78, 5) is 0. The molecule has 0 saturated heterocycles. The van der Waals surface area contributed by atoms with Gasteiger partial charge in [-0.25, -0.2) is 4.39 Å². The minimum Gasteiger partial charge on any atom is -0.488 e. The minimum absolute atomic E-state index is 0.106. The summed E-state index contributed by atoms with van der Waals surface area (Å²) in [5, 5.41) is 3.28. The molecule has 2 nitrogen and oxygen atoms in total. The van der Waals surface area contributed by atoms with Crippen molar-refractivity contribution in [2.24, 2.45) is 0 Å².